The van der Waals surface area contributed by atoms with E-state index >= 15 is 0 Å². The Morgan fingerprint density at radius 1 is 1.37 bits per heavy atom. The summed E-state index contributed by atoms with van der Waals surface area (Å²) in [6.07, 6.45) is -0.470. The van der Waals surface area contributed by atoms with E-state index < -0.39 is 27.8 Å². The van der Waals surface area contributed by atoms with E-state index in [2.05, 4.69) is 4.98 Å². The number of nitrogens with zero attached hydrogens (tertiary/aromatic N) is 2. The van der Waals surface area contributed by atoms with Crippen molar-refractivity contribution in [1.82, 2.24) is 9.88 Å². The molecule has 0 aliphatic carbocycles. The number of sulfone groups is 1. The van der Waals surface area contributed by atoms with Gasteiger partial charge in [-0.05, 0) is 25.1 Å². The van der Waals surface area contributed by atoms with Crippen LogP contribution >= 0.6 is 0 Å². The lowest BCUT2D eigenvalue weighted by Crippen LogP contribution is -2.53. The van der Waals surface area contributed by atoms with Crippen molar-refractivity contribution >= 4 is 15.7 Å². The van der Waals surface area contributed by atoms with Gasteiger partial charge in [-0.2, -0.15) is 0 Å². The number of morpholine rings is 1. The Morgan fingerprint density at radius 3 is 2.96 bits per heavy atom. The molecule has 1 amide bonds. The van der Waals surface area contributed by atoms with E-state index in [1.54, 1.807) is 24.0 Å². The topological polar surface area (TPSA) is 89.7 Å². The number of amides is 1. The highest BCUT2D eigenvalue weighted by molar-refractivity contribution is 7.91. The van der Waals surface area contributed by atoms with E-state index in [1.165, 1.54) is 12.1 Å². The molecule has 7 nitrogen and oxygen atoms in total. The zero-order chi connectivity index (χ0) is 19.2. The van der Waals surface area contributed by atoms with Crippen molar-refractivity contribution in [3.05, 3.63) is 41.5 Å². The van der Waals surface area contributed by atoms with Gasteiger partial charge in [0.25, 0.3) is 0 Å². The SMILES string of the molecule is Cc1oc(-c2cccc(F)c2)nc1CC(=O)N1CCOC2CS(=O)(=O)CC21. The van der Waals surface area contributed by atoms with Gasteiger partial charge in [-0.25, -0.2) is 17.8 Å². The number of fused-ring (bicyclic) bond motifs is 1. The summed E-state index contributed by atoms with van der Waals surface area (Å²) in [7, 11) is -3.20. The molecule has 2 aliphatic rings. The molecule has 1 aromatic heterocycles. The summed E-state index contributed by atoms with van der Waals surface area (Å²) in [5.74, 6) is -0.0101. The lowest BCUT2D eigenvalue weighted by Gasteiger charge is -2.36. The molecule has 0 radical (unpaired) electrons. The molecule has 3 heterocycles. The van der Waals surface area contributed by atoms with Crippen molar-refractivity contribution in [2.45, 2.75) is 25.5 Å². The van der Waals surface area contributed by atoms with Crippen LogP contribution in [0.5, 0.6) is 0 Å². The monoisotopic (exact) mass is 394 g/mol. The molecule has 0 bridgehead atoms. The first-order valence-electron chi connectivity index (χ1n) is 8.66. The molecule has 2 aliphatic heterocycles. The minimum absolute atomic E-state index is 0.00604. The average Bonchev–Trinajstić information content (AvgIpc) is 3.12. The molecule has 9 heteroatoms. The minimum atomic E-state index is -3.20. The van der Waals surface area contributed by atoms with Gasteiger partial charge >= 0.3 is 0 Å². The zero-order valence-corrected chi connectivity index (χ0v) is 15.5. The van der Waals surface area contributed by atoms with E-state index in [0.717, 1.165) is 0 Å². The summed E-state index contributed by atoms with van der Waals surface area (Å²) in [5.41, 5.74) is 0.952. The Kier molecular flexibility index (Phi) is 4.51. The molecule has 2 aromatic rings. The first-order valence-corrected chi connectivity index (χ1v) is 10.5. The summed E-state index contributed by atoms with van der Waals surface area (Å²) >= 11 is 0. The van der Waals surface area contributed by atoms with Crippen LogP contribution in [0.25, 0.3) is 11.5 Å². The number of ether oxygens (including phenoxy) is 1. The second-order valence-electron chi connectivity index (χ2n) is 6.85. The highest BCUT2D eigenvalue weighted by Gasteiger charge is 2.45. The number of aryl methyl sites for hydroxylation is 1. The summed E-state index contributed by atoms with van der Waals surface area (Å²) in [5, 5.41) is 0. The quantitative estimate of drug-likeness (QED) is 0.781. The van der Waals surface area contributed by atoms with Crippen LogP contribution < -0.4 is 0 Å². The molecule has 1 aromatic carbocycles. The number of rotatable bonds is 3. The third-order valence-corrected chi connectivity index (χ3v) is 6.63. The maximum atomic E-state index is 13.4. The van der Waals surface area contributed by atoms with Crippen molar-refractivity contribution < 1.29 is 26.8 Å². The lowest BCUT2D eigenvalue weighted by atomic mass is 10.1. The molecule has 144 valence electrons. The number of halogens is 1. The van der Waals surface area contributed by atoms with Gasteiger partial charge in [-0.1, -0.05) is 6.07 Å². The van der Waals surface area contributed by atoms with Crippen molar-refractivity contribution in [3.8, 4) is 11.5 Å². The van der Waals surface area contributed by atoms with E-state index in [9.17, 15) is 17.6 Å². The Bertz CT molecular complexity index is 987. The van der Waals surface area contributed by atoms with Crippen molar-refractivity contribution in [1.29, 1.82) is 0 Å². The normalized spacial score (nSPS) is 24.0. The van der Waals surface area contributed by atoms with Crippen molar-refractivity contribution in [2.24, 2.45) is 0 Å². The Morgan fingerprint density at radius 2 is 2.19 bits per heavy atom. The summed E-state index contributed by atoms with van der Waals surface area (Å²) in [6.45, 7) is 2.36. The van der Waals surface area contributed by atoms with Crippen LogP contribution in [0.15, 0.2) is 28.7 Å². The highest BCUT2D eigenvalue weighted by Crippen LogP contribution is 2.27. The fraction of sp³-hybridized carbons (Fsp3) is 0.444. The maximum Gasteiger partial charge on any atom is 0.229 e. The summed E-state index contributed by atoms with van der Waals surface area (Å²) in [4.78, 5) is 18.7. The molecule has 2 unspecified atom stereocenters. The van der Waals surface area contributed by atoms with Gasteiger partial charge in [0.2, 0.25) is 11.8 Å². The number of carbonyl (C=O) groups is 1. The molecule has 2 fully saturated rings. The zero-order valence-electron chi connectivity index (χ0n) is 14.7. The van der Waals surface area contributed by atoms with Crippen molar-refractivity contribution in [2.75, 3.05) is 24.7 Å². The predicted molar refractivity (Wildman–Crippen MR) is 94.2 cm³/mol. The first-order chi connectivity index (χ1) is 12.8. The minimum Gasteiger partial charge on any atom is -0.441 e. The number of hydrogen-bond donors (Lipinski definition) is 0. The van der Waals surface area contributed by atoms with Gasteiger partial charge in [-0.15, -0.1) is 0 Å². The largest absolute Gasteiger partial charge is 0.441 e. The molecule has 2 atom stereocenters. The van der Waals surface area contributed by atoms with Gasteiger partial charge in [-0.3, -0.25) is 4.79 Å². The number of aromatic nitrogens is 1. The maximum absolute atomic E-state index is 13.4. The number of benzene rings is 1. The fourth-order valence-electron chi connectivity index (χ4n) is 3.61. The fourth-order valence-corrected chi connectivity index (χ4v) is 5.48. The van der Waals surface area contributed by atoms with Crippen LogP contribution in [-0.4, -0.2) is 61.0 Å². The second kappa shape index (κ2) is 6.72. The van der Waals surface area contributed by atoms with Crippen LogP contribution in [0.4, 0.5) is 4.39 Å². The number of hydrogen-bond acceptors (Lipinski definition) is 6. The van der Waals surface area contributed by atoms with Gasteiger partial charge < -0.3 is 14.1 Å². The van der Waals surface area contributed by atoms with E-state index in [-0.39, 0.29) is 29.7 Å². The Labute approximate surface area is 156 Å². The molecule has 4 rings (SSSR count). The third kappa shape index (κ3) is 3.61. The van der Waals surface area contributed by atoms with E-state index in [1.807, 2.05) is 0 Å². The number of oxazole rings is 1. The van der Waals surface area contributed by atoms with E-state index in [4.69, 9.17) is 9.15 Å². The summed E-state index contributed by atoms with van der Waals surface area (Å²) in [6, 6.07) is 5.42. The van der Waals surface area contributed by atoms with Crippen LogP contribution in [-0.2, 0) is 25.8 Å². The standard InChI is InChI=1S/C18H19FN2O5S/c1-11-14(20-18(26-11)12-3-2-4-13(19)7-12)8-17(22)21-5-6-25-16-10-27(23,24)9-15(16)21/h2-4,7,15-16H,5-6,8-10H2,1H3. The third-order valence-electron chi connectivity index (χ3n) is 4.94. The van der Waals surface area contributed by atoms with Gasteiger partial charge in [0.1, 0.15) is 11.6 Å². The average molecular weight is 394 g/mol. The second-order valence-corrected chi connectivity index (χ2v) is 9.00. The predicted octanol–water partition coefficient (Wildman–Crippen LogP) is 1.36. The van der Waals surface area contributed by atoms with Crippen LogP contribution in [0, 0.1) is 12.7 Å². The molecular formula is C18H19FN2O5S. The molecule has 0 N–H and O–H groups in total. The molecule has 2 saturated heterocycles. The van der Waals surface area contributed by atoms with E-state index in [0.29, 0.717) is 30.2 Å². The van der Waals surface area contributed by atoms with Crippen LogP contribution in [0.1, 0.15) is 11.5 Å². The molecular weight excluding hydrogens is 375 g/mol. The Balaban J connectivity index is 1.53. The number of carbonyl (C=O) groups excluding carboxylic acids is 1. The van der Waals surface area contributed by atoms with Crippen molar-refractivity contribution in [3.63, 3.8) is 0 Å². The molecule has 0 spiro atoms. The van der Waals surface area contributed by atoms with Gasteiger partial charge in [0.15, 0.2) is 9.84 Å². The first kappa shape index (κ1) is 18.1. The molecule has 27 heavy (non-hydrogen) atoms. The van der Waals surface area contributed by atoms with Gasteiger partial charge in [0.05, 0.1) is 42.4 Å². The smallest absolute Gasteiger partial charge is 0.229 e. The lowest BCUT2D eigenvalue weighted by molar-refractivity contribution is -0.142. The Hall–Kier alpha value is -2.26. The van der Waals surface area contributed by atoms with Crippen LogP contribution in [0.2, 0.25) is 0 Å². The van der Waals surface area contributed by atoms with Gasteiger partial charge in [0, 0.05) is 12.1 Å². The summed E-state index contributed by atoms with van der Waals surface area (Å²) < 4.78 is 48.3. The highest BCUT2D eigenvalue weighted by atomic mass is 32.2. The molecule has 0 saturated carbocycles. The van der Waals surface area contributed by atoms with Crippen LogP contribution in [0.3, 0.4) is 0 Å².